The molecule has 2 fully saturated rings. The number of nitrogens with zero attached hydrogens (tertiary/aromatic N) is 1. The number of aromatic nitrogens is 1. The number of pyridine rings is 1. The molecular weight excluding hydrogens is 238 g/mol. The van der Waals surface area contributed by atoms with Crippen LogP contribution in [-0.4, -0.2) is 17.1 Å². The molecule has 102 valence electrons. The number of hydrogen-bond donors (Lipinski definition) is 0. The summed E-state index contributed by atoms with van der Waals surface area (Å²) in [5.41, 5.74) is 0.908. The van der Waals surface area contributed by atoms with E-state index in [0.717, 1.165) is 0 Å². The van der Waals surface area contributed by atoms with E-state index in [0.29, 0.717) is 28.7 Å². The highest BCUT2D eigenvalue weighted by Gasteiger charge is 2.58. The molecule has 3 heteroatoms. The van der Waals surface area contributed by atoms with Crippen molar-refractivity contribution in [2.24, 2.45) is 23.2 Å². The van der Waals surface area contributed by atoms with Crippen LogP contribution in [0.25, 0.3) is 0 Å². The van der Waals surface area contributed by atoms with E-state index in [1.807, 2.05) is 0 Å². The summed E-state index contributed by atoms with van der Waals surface area (Å²) < 4.78 is 5.81. The SMILES string of the molecule is CC1C(OC(=O)c2ccncc2)C2CCC1C2(C)C. The quantitative estimate of drug-likeness (QED) is 0.765. The molecule has 4 unspecified atom stereocenters. The van der Waals surface area contributed by atoms with E-state index in [4.69, 9.17) is 4.74 Å². The summed E-state index contributed by atoms with van der Waals surface area (Å²) in [5, 5.41) is 0. The van der Waals surface area contributed by atoms with Crippen LogP contribution in [0.5, 0.6) is 0 Å². The van der Waals surface area contributed by atoms with Crippen LogP contribution in [0.2, 0.25) is 0 Å². The molecule has 1 aromatic heterocycles. The smallest absolute Gasteiger partial charge is 0.338 e. The van der Waals surface area contributed by atoms with Crippen molar-refractivity contribution in [1.82, 2.24) is 4.98 Å². The van der Waals surface area contributed by atoms with Crippen LogP contribution in [0.4, 0.5) is 0 Å². The molecule has 0 spiro atoms. The molecule has 3 nitrogen and oxygen atoms in total. The molecule has 0 saturated heterocycles. The second-order valence-electron chi connectivity index (χ2n) is 6.58. The third-order valence-electron chi connectivity index (χ3n) is 5.41. The first-order valence-electron chi connectivity index (χ1n) is 7.13. The van der Waals surface area contributed by atoms with Gasteiger partial charge in [0.05, 0.1) is 5.56 Å². The maximum absolute atomic E-state index is 12.2. The Bertz CT molecular complexity index is 483. The van der Waals surface area contributed by atoms with Gasteiger partial charge in [0.1, 0.15) is 6.10 Å². The molecule has 2 bridgehead atoms. The maximum atomic E-state index is 12.2. The van der Waals surface area contributed by atoms with Crippen molar-refractivity contribution >= 4 is 5.97 Å². The highest BCUT2D eigenvalue weighted by atomic mass is 16.5. The molecule has 2 aliphatic rings. The minimum atomic E-state index is -0.206. The predicted octanol–water partition coefficient (Wildman–Crippen LogP) is 3.31. The van der Waals surface area contributed by atoms with Gasteiger partial charge in [-0.15, -0.1) is 0 Å². The zero-order chi connectivity index (χ0) is 13.6. The number of rotatable bonds is 2. The molecule has 1 aromatic rings. The minimum absolute atomic E-state index is 0.0782. The molecule has 2 aliphatic carbocycles. The Kier molecular flexibility index (Phi) is 2.88. The zero-order valence-electron chi connectivity index (χ0n) is 11.8. The van der Waals surface area contributed by atoms with Crippen LogP contribution in [0, 0.1) is 23.2 Å². The fraction of sp³-hybridized carbons (Fsp3) is 0.625. The van der Waals surface area contributed by atoms with Crippen molar-refractivity contribution in [3.05, 3.63) is 30.1 Å². The maximum Gasteiger partial charge on any atom is 0.338 e. The van der Waals surface area contributed by atoms with Gasteiger partial charge in [0.2, 0.25) is 0 Å². The van der Waals surface area contributed by atoms with Gasteiger partial charge in [-0.3, -0.25) is 4.98 Å². The van der Waals surface area contributed by atoms with Gasteiger partial charge in [0, 0.05) is 18.3 Å². The first-order valence-corrected chi connectivity index (χ1v) is 7.13. The molecule has 19 heavy (non-hydrogen) atoms. The third kappa shape index (κ3) is 1.87. The monoisotopic (exact) mass is 259 g/mol. The van der Waals surface area contributed by atoms with Gasteiger partial charge in [-0.2, -0.15) is 0 Å². The summed E-state index contributed by atoms with van der Waals surface area (Å²) in [7, 11) is 0. The largest absolute Gasteiger partial charge is 0.458 e. The van der Waals surface area contributed by atoms with Gasteiger partial charge < -0.3 is 4.74 Å². The van der Waals surface area contributed by atoms with Gasteiger partial charge in [-0.1, -0.05) is 20.8 Å². The lowest BCUT2D eigenvalue weighted by Gasteiger charge is -2.28. The Hall–Kier alpha value is -1.38. The number of carbonyl (C=O) groups is 1. The molecule has 3 rings (SSSR count). The number of hydrogen-bond acceptors (Lipinski definition) is 3. The van der Waals surface area contributed by atoms with Crippen LogP contribution < -0.4 is 0 Å². The van der Waals surface area contributed by atoms with Gasteiger partial charge in [0.15, 0.2) is 0 Å². The summed E-state index contributed by atoms with van der Waals surface area (Å²) in [6.45, 7) is 6.88. The Morgan fingerprint density at radius 3 is 2.47 bits per heavy atom. The average Bonchev–Trinajstić information content (AvgIpc) is 2.79. The van der Waals surface area contributed by atoms with Crippen molar-refractivity contribution in [3.8, 4) is 0 Å². The molecule has 4 atom stereocenters. The average molecular weight is 259 g/mol. The van der Waals surface area contributed by atoms with Gasteiger partial charge in [-0.25, -0.2) is 4.79 Å². The summed E-state index contributed by atoms with van der Waals surface area (Å²) in [6, 6.07) is 3.43. The second-order valence-corrected chi connectivity index (χ2v) is 6.58. The molecule has 0 aromatic carbocycles. The predicted molar refractivity (Wildman–Crippen MR) is 72.6 cm³/mol. The van der Waals surface area contributed by atoms with E-state index in [9.17, 15) is 4.79 Å². The summed E-state index contributed by atoms with van der Waals surface area (Å²) in [5.74, 6) is 1.47. The van der Waals surface area contributed by atoms with Crippen molar-refractivity contribution in [3.63, 3.8) is 0 Å². The minimum Gasteiger partial charge on any atom is -0.458 e. The lowest BCUT2D eigenvalue weighted by molar-refractivity contribution is -0.00299. The van der Waals surface area contributed by atoms with E-state index in [1.165, 1.54) is 12.8 Å². The van der Waals surface area contributed by atoms with Crippen molar-refractivity contribution in [1.29, 1.82) is 0 Å². The molecule has 1 heterocycles. The summed E-state index contributed by atoms with van der Waals surface area (Å²) in [4.78, 5) is 16.1. The molecule has 0 radical (unpaired) electrons. The molecule has 0 aliphatic heterocycles. The molecular formula is C16H21NO2. The topological polar surface area (TPSA) is 39.2 Å². The highest BCUT2D eigenvalue weighted by molar-refractivity contribution is 5.89. The number of fused-ring (bicyclic) bond motifs is 2. The van der Waals surface area contributed by atoms with E-state index in [2.05, 4.69) is 25.8 Å². The Labute approximate surface area is 114 Å². The first kappa shape index (κ1) is 12.6. The highest BCUT2D eigenvalue weighted by Crippen LogP contribution is 2.61. The molecule has 0 N–H and O–H groups in total. The van der Waals surface area contributed by atoms with E-state index in [-0.39, 0.29) is 12.1 Å². The second kappa shape index (κ2) is 4.32. The van der Waals surface area contributed by atoms with Crippen molar-refractivity contribution in [2.45, 2.75) is 39.7 Å². The summed E-state index contributed by atoms with van der Waals surface area (Å²) in [6.07, 6.45) is 5.81. The fourth-order valence-corrected chi connectivity index (χ4v) is 4.37. The van der Waals surface area contributed by atoms with Crippen LogP contribution in [0.1, 0.15) is 44.0 Å². The van der Waals surface area contributed by atoms with Crippen LogP contribution in [0.3, 0.4) is 0 Å². The third-order valence-corrected chi connectivity index (χ3v) is 5.41. The lowest BCUT2D eigenvalue weighted by atomic mass is 9.80. The van der Waals surface area contributed by atoms with Crippen LogP contribution in [-0.2, 0) is 4.74 Å². The van der Waals surface area contributed by atoms with Crippen molar-refractivity contribution in [2.75, 3.05) is 0 Å². The zero-order valence-corrected chi connectivity index (χ0v) is 11.8. The number of ether oxygens (including phenoxy) is 1. The van der Waals surface area contributed by atoms with E-state index in [1.54, 1.807) is 24.5 Å². The first-order chi connectivity index (χ1) is 9.01. The van der Waals surface area contributed by atoms with Crippen molar-refractivity contribution < 1.29 is 9.53 Å². The Morgan fingerprint density at radius 2 is 1.89 bits per heavy atom. The number of esters is 1. The van der Waals surface area contributed by atoms with Gasteiger partial charge in [-0.05, 0) is 42.2 Å². The molecule has 2 saturated carbocycles. The van der Waals surface area contributed by atoms with Gasteiger partial charge in [0.25, 0.3) is 0 Å². The standard InChI is InChI=1S/C16H21NO2/c1-10-12-4-5-13(16(12,2)3)14(10)19-15(18)11-6-8-17-9-7-11/h6-10,12-14H,4-5H2,1-3H3. The Balaban J connectivity index is 1.77. The number of carbonyl (C=O) groups excluding carboxylic acids is 1. The van der Waals surface area contributed by atoms with E-state index < -0.39 is 0 Å². The van der Waals surface area contributed by atoms with Crippen LogP contribution >= 0.6 is 0 Å². The van der Waals surface area contributed by atoms with Gasteiger partial charge >= 0.3 is 5.97 Å². The Morgan fingerprint density at radius 1 is 1.26 bits per heavy atom. The fourth-order valence-electron chi connectivity index (χ4n) is 4.37. The summed E-state index contributed by atoms with van der Waals surface area (Å²) >= 11 is 0. The normalized spacial score (nSPS) is 35.3. The van der Waals surface area contributed by atoms with E-state index >= 15 is 0 Å². The lowest BCUT2D eigenvalue weighted by Crippen LogP contribution is -2.31. The van der Waals surface area contributed by atoms with Crippen LogP contribution in [0.15, 0.2) is 24.5 Å². The molecule has 0 amide bonds.